The molecule has 0 saturated heterocycles. The molecule has 0 radical (unpaired) electrons. The van der Waals surface area contributed by atoms with Crippen LogP contribution < -0.4 is 0 Å². The first-order chi connectivity index (χ1) is 6.36. The second kappa shape index (κ2) is 3.72. The van der Waals surface area contributed by atoms with E-state index in [-0.39, 0.29) is 16.8 Å². The second-order valence-electron chi connectivity index (χ2n) is 2.48. The van der Waals surface area contributed by atoms with Gasteiger partial charge in [0, 0.05) is 0 Å². The Morgan fingerprint density at radius 3 is 2.50 bits per heavy atom. The number of Topliss-reactive ketones (excluding diaryl/α,β-unsaturated/α-hetero) is 1. The van der Waals surface area contributed by atoms with Crippen molar-refractivity contribution in [2.75, 3.05) is 5.33 Å². The Balaban J connectivity index is 3.12. The normalized spacial score (nSPS) is 11.8. The summed E-state index contributed by atoms with van der Waals surface area (Å²) >= 11 is 2.83. The largest absolute Gasteiger partial charge is 0.468 e. The third-order valence-corrected chi connectivity index (χ3v) is 1.93. The Morgan fingerprint density at radius 1 is 1.57 bits per heavy atom. The first kappa shape index (κ1) is 11.2. The Labute approximate surface area is 85.4 Å². The zero-order valence-electron chi connectivity index (χ0n) is 6.98. The van der Waals surface area contributed by atoms with Gasteiger partial charge in [0.1, 0.15) is 11.5 Å². The van der Waals surface area contributed by atoms with E-state index in [9.17, 15) is 18.0 Å². The lowest BCUT2D eigenvalue weighted by Gasteiger charge is -1.97. The summed E-state index contributed by atoms with van der Waals surface area (Å²) in [6.45, 7) is 1.26. The van der Waals surface area contributed by atoms with Gasteiger partial charge in [-0.25, -0.2) is 4.98 Å². The van der Waals surface area contributed by atoms with E-state index in [0.717, 1.165) is 0 Å². The van der Waals surface area contributed by atoms with Crippen LogP contribution in [0.1, 0.15) is 22.1 Å². The van der Waals surface area contributed by atoms with Crippen LogP contribution in [-0.4, -0.2) is 16.1 Å². The number of hydrogen-bond donors (Lipinski definition) is 0. The molecule has 0 unspecified atom stereocenters. The molecule has 0 aliphatic rings. The van der Waals surface area contributed by atoms with Gasteiger partial charge in [-0.05, 0) is 6.92 Å². The lowest BCUT2D eigenvalue weighted by Crippen LogP contribution is -2.07. The van der Waals surface area contributed by atoms with Crippen molar-refractivity contribution in [3.05, 3.63) is 17.3 Å². The van der Waals surface area contributed by atoms with E-state index in [1.807, 2.05) is 0 Å². The molecule has 3 nitrogen and oxygen atoms in total. The quantitative estimate of drug-likeness (QED) is 0.613. The minimum Gasteiger partial charge on any atom is -0.438 e. The molecule has 1 aromatic rings. The van der Waals surface area contributed by atoms with E-state index in [4.69, 9.17) is 0 Å². The lowest BCUT2D eigenvalue weighted by molar-refractivity contribution is -0.157. The van der Waals surface area contributed by atoms with Crippen LogP contribution in [0.4, 0.5) is 13.2 Å². The van der Waals surface area contributed by atoms with Crippen LogP contribution in [0.5, 0.6) is 0 Å². The first-order valence-electron chi connectivity index (χ1n) is 3.50. The lowest BCUT2D eigenvalue weighted by atomic mass is 10.3. The third-order valence-electron chi connectivity index (χ3n) is 1.42. The van der Waals surface area contributed by atoms with Crippen molar-refractivity contribution >= 4 is 21.7 Å². The summed E-state index contributed by atoms with van der Waals surface area (Å²) in [6, 6.07) is 0. The smallest absolute Gasteiger partial charge is 0.438 e. The molecule has 0 fully saturated rings. The molecule has 0 spiro atoms. The van der Waals surface area contributed by atoms with E-state index in [2.05, 4.69) is 25.3 Å². The number of aryl methyl sites for hydroxylation is 1. The van der Waals surface area contributed by atoms with E-state index >= 15 is 0 Å². The molecule has 1 rings (SSSR count). The number of halogens is 4. The molecule has 0 aliphatic heterocycles. The Kier molecular flexibility index (Phi) is 2.98. The van der Waals surface area contributed by atoms with E-state index in [1.165, 1.54) is 6.92 Å². The molecule has 14 heavy (non-hydrogen) atoms. The maximum absolute atomic E-state index is 12.1. The fourth-order valence-electron chi connectivity index (χ4n) is 0.840. The van der Waals surface area contributed by atoms with Crippen molar-refractivity contribution in [2.24, 2.45) is 0 Å². The highest BCUT2D eigenvalue weighted by atomic mass is 79.9. The summed E-state index contributed by atoms with van der Waals surface area (Å²) in [4.78, 5) is 14.1. The molecule has 0 saturated carbocycles. The van der Waals surface area contributed by atoms with Crippen LogP contribution in [-0.2, 0) is 6.18 Å². The van der Waals surface area contributed by atoms with Gasteiger partial charge in [-0.2, -0.15) is 13.2 Å². The van der Waals surface area contributed by atoms with Crippen LogP contribution in [0.3, 0.4) is 0 Å². The maximum Gasteiger partial charge on any atom is 0.468 e. The van der Waals surface area contributed by atoms with Gasteiger partial charge in [-0.1, -0.05) is 15.9 Å². The van der Waals surface area contributed by atoms with Gasteiger partial charge in [-0.15, -0.1) is 0 Å². The van der Waals surface area contributed by atoms with Crippen LogP contribution in [0.25, 0.3) is 0 Å². The molecule has 0 aliphatic carbocycles. The zero-order valence-corrected chi connectivity index (χ0v) is 8.57. The van der Waals surface area contributed by atoms with Gasteiger partial charge in [0.15, 0.2) is 5.78 Å². The van der Waals surface area contributed by atoms with Crippen LogP contribution in [0, 0.1) is 6.92 Å². The number of hydrogen-bond acceptors (Lipinski definition) is 3. The fourth-order valence-corrected chi connectivity index (χ4v) is 1.11. The molecule has 7 heteroatoms. The summed E-state index contributed by atoms with van der Waals surface area (Å²) in [5, 5.41) is -0.0856. The molecule has 1 heterocycles. The van der Waals surface area contributed by atoms with Crippen LogP contribution >= 0.6 is 15.9 Å². The highest BCUT2D eigenvalue weighted by Gasteiger charge is 2.38. The van der Waals surface area contributed by atoms with Crippen LogP contribution in [0.15, 0.2) is 4.42 Å². The van der Waals surface area contributed by atoms with Crippen LogP contribution in [0.2, 0.25) is 0 Å². The number of carbonyl (C=O) groups is 1. The fraction of sp³-hybridized carbons (Fsp3) is 0.429. The second-order valence-corrected chi connectivity index (χ2v) is 3.04. The molecule has 0 atom stereocenters. The number of carbonyl (C=O) groups excluding carboxylic acids is 1. The molecular formula is C7H5BrF3NO2. The molecule has 78 valence electrons. The van der Waals surface area contributed by atoms with Gasteiger partial charge in [0.2, 0.25) is 0 Å². The standard InChI is InChI=1S/C7H5BrF3NO2/c1-3-5(4(13)2-8)12-6(14-3)7(9,10)11/h2H2,1H3. The number of alkyl halides is 4. The van der Waals surface area contributed by atoms with Crippen molar-refractivity contribution in [1.82, 2.24) is 4.98 Å². The Hall–Kier alpha value is -0.850. The van der Waals surface area contributed by atoms with Gasteiger partial charge < -0.3 is 4.42 Å². The summed E-state index contributed by atoms with van der Waals surface area (Å²) in [7, 11) is 0. The third kappa shape index (κ3) is 2.14. The SMILES string of the molecule is Cc1oc(C(F)(F)F)nc1C(=O)CBr. The molecule has 1 aromatic heterocycles. The van der Waals surface area contributed by atoms with Crippen molar-refractivity contribution in [3.8, 4) is 0 Å². The van der Waals surface area contributed by atoms with Crippen molar-refractivity contribution in [2.45, 2.75) is 13.1 Å². The van der Waals surface area contributed by atoms with Crippen molar-refractivity contribution in [3.63, 3.8) is 0 Å². The molecule has 0 bridgehead atoms. The number of aromatic nitrogens is 1. The Bertz CT molecular complexity index is 358. The van der Waals surface area contributed by atoms with Crippen molar-refractivity contribution < 1.29 is 22.4 Å². The molecule has 0 amide bonds. The molecule has 0 aromatic carbocycles. The van der Waals surface area contributed by atoms with Gasteiger partial charge in [-0.3, -0.25) is 4.79 Å². The number of oxazole rings is 1. The highest BCUT2D eigenvalue weighted by molar-refractivity contribution is 9.09. The minimum atomic E-state index is -4.66. The predicted molar refractivity (Wildman–Crippen MR) is 44.4 cm³/mol. The average molecular weight is 272 g/mol. The van der Waals surface area contributed by atoms with E-state index in [1.54, 1.807) is 0 Å². The number of nitrogens with zero attached hydrogens (tertiary/aromatic N) is 1. The maximum atomic E-state index is 12.1. The van der Waals surface area contributed by atoms with Crippen molar-refractivity contribution in [1.29, 1.82) is 0 Å². The Morgan fingerprint density at radius 2 is 2.14 bits per heavy atom. The highest BCUT2D eigenvalue weighted by Crippen LogP contribution is 2.29. The topological polar surface area (TPSA) is 43.1 Å². The molecule has 0 N–H and O–H groups in total. The number of ketones is 1. The molecular weight excluding hydrogens is 267 g/mol. The van der Waals surface area contributed by atoms with Gasteiger partial charge in [0.25, 0.3) is 0 Å². The first-order valence-corrected chi connectivity index (χ1v) is 4.62. The minimum absolute atomic E-state index is 0.0856. The van der Waals surface area contributed by atoms with Gasteiger partial charge >= 0.3 is 12.1 Å². The summed E-state index contributed by atoms with van der Waals surface area (Å²) < 4.78 is 40.5. The summed E-state index contributed by atoms with van der Waals surface area (Å²) in [5.41, 5.74) is -0.283. The summed E-state index contributed by atoms with van der Waals surface area (Å²) in [5.74, 6) is -2.05. The predicted octanol–water partition coefficient (Wildman–Crippen LogP) is 2.58. The van der Waals surface area contributed by atoms with Gasteiger partial charge in [0.05, 0.1) is 5.33 Å². The number of rotatable bonds is 2. The van der Waals surface area contributed by atoms with E-state index in [0.29, 0.717) is 0 Å². The zero-order chi connectivity index (χ0) is 10.9. The summed E-state index contributed by atoms with van der Waals surface area (Å²) in [6.07, 6.45) is -4.66. The average Bonchev–Trinajstić information content (AvgIpc) is 2.45. The van der Waals surface area contributed by atoms with E-state index < -0.39 is 17.9 Å². The monoisotopic (exact) mass is 271 g/mol.